The Morgan fingerprint density at radius 1 is 0.792 bits per heavy atom. The van der Waals surface area contributed by atoms with Crippen LogP contribution >= 0.6 is 23.2 Å². The van der Waals surface area contributed by atoms with Crippen molar-refractivity contribution in [1.29, 1.82) is 0 Å². The van der Waals surface area contributed by atoms with Crippen LogP contribution in [0.4, 0.5) is 33.3 Å². The van der Waals surface area contributed by atoms with E-state index in [9.17, 15) is 37.5 Å². The molecule has 6 atom stereocenters. The van der Waals surface area contributed by atoms with E-state index in [1.165, 1.54) is 31.4 Å². The van der Waals surface area contributed by atoms with E-state index in [1.807, 2.05) is 0 Å². The van der Waals surface area contributed by atoms with Crippen LogP contribution in [-0.2, 0) is 19.2 Å². The third-order valence-electron chi connectivity index (χ3n) is 9.79. The molecule has 0 spiro atoms. The van der Waals surface area contributed by atoms with Gasteiger partial charge in [-0.05, 0) is 43.0 Å². The summed E-state index contributed by atoms with van der Waals surface area (Å²) >= 11 is 14.2. The molecule has 15 heteroatoms. The van der Waals surface area contributed by atoms with Crippen LogP contribution in [0.3, 0.4) is 0 Å². The first-order chi connectivity index (χ1) is 22.7. The minimum absolute atomic E-state index is 0.0530. The number of fused-ring (bicyclic) bond motifs is 4. The number of carbonyl (C=O) groups is 4. The summed E-state index contributed by atoms with van der Waals surface area (Å²) in [6.07, 6.45) is 0.805. The number of benzene rings is 3. The summed E-state index contributed by atoms with van der Waals surface area (Å²) in [6.45, 7) is 0. The SMILES string of the molecule is COc1cccc(O)c1C1C2=CCC3C(=O)N(c4ccccc4)C(=O)C3C2CC2(Cl)C(=O)N(c3c(F)c(F)c(F)c(F)c3F)C(=O)C12Cl. The summed E-state index contributed by atoms with van der Waals surface area (Å²) < 4.78 is 78.6. The summed E-state index contributed by atoms with van der Waals surface area (Å²) in [5.41, 5.74) is -1.64. The van der Waals surface area contributed by atoms with E-state index < -0.39 is 104 Å². The van der Waals surface area contributed by atoms with Gasteiger partial charge in [-0.15, -0.1) is 23.2 Å². The summed E-state index contributed by atoms with van der Waals surface area (Å²) in [5.74, 6) is -22.4. The zero-order chi connectivity index (χ0) is 34.6. The minimum atomic E-state index is -2.79. The van der Waals surface area contributed by atoms with Gasteiger partial charge in [-0.2, -0.15) is 0 Å². The number of alkyl halides is 2. The van der Waals surface area contributed by atoms with Crippen LogP contribution in [0.2, 0.25) is 0 Å². The molecule has 8 nitrogen and oxygen atoms in total. The van der Waals surface area contributed by atoms with Gasteiger partial charge >= 0.3 is 0 Å². The maximum absolute atomic E-state index is 15.2. The van der Waals surface area contributed by atoms with Gasteiger partial charge in [0.15, 0.2) is 33.0 Å². The standard InChI is InChI=1S/C33H21Cl2F5N2O6/c1-48-18-9-5-8-17(43)20(18)21-14-10-11-15-19(29(45)41(28(15)44)13-6-3-2-4-7-13)16(14)12-32(34)30(46)42(31(47)33(21,32)35)27-25(39)23(37)22(36)24(38)26(27)40/h2-10,15-16,19,21,43H,11-12H2,1H3. The van der Waals surface area contributed by atoms with E-state index in [0.29, 0.717) is 0 Å². The Labute approximate surface area is 278 Å². The van der Waals surface area contributed by atoms with Crippen LogP contribution < -0.4 is 14.5 Å². The van der Waals surface area contributed by atoms with E-state index in [-0.39, 0.29) is 33.9 Å². The first-order valence-corrected chi connectivity index (χ1v) is 15.2. The molecule has 0 radical (unpaired) electrons. The number of methoxy groups -OCH3 is 1. The number of imide groups is 2. The highest BCUT2D eigenvalue weighted by molar-refractivity contribution is 6.58. The molecule has 1 N–H and O–H groups in total. The second kappa shape index (κ2) is 10.8. The van der Waals surface area contributed by atoms with E-state index >= 15 is 8.78 Å². The number of anilines is 2. The highest BCUT2D eigenvalue weighted by atomic mass is 35.5. The van der Waals surface area contributed by atoms with E-state index in [0.717, 1.165) is 4.90 Å². The number of hydrogen-bond donors (Lipinski definition) is 1. The van der Waals surface area contributed by atoms with Crippen molar-refractivity contribution >= 4 is 58.2 Å². The Morgan fingerprint density at radius 3 is 2.04 bits per heavy atom. The molecule has 2 aliphatic carbocycles. The highest BCUT2D eigenvalue weighted by Crippen LogP contribution is 2.67. The maximum Gasteiger partial charge on any atom is 0.258 e. The van der Waals surface area contributed by atoms with Gasteiger partial charge in [0, 0.05) is 11.5 Å². The van der Waals surface area contributed by atoms with Crippen molar-refractivity contribution in [3.8, 4) is 11.5 Å². The molecule has 2 aliphatic heterocycles. The van der Waals surface area contributed by atoms with Gasteiger partial charge in [0.05, 0.1) is 24.6 Å². The molecule has 248 valence electrons. The molecule has 6 unspecified atom stereocenters. The van der Waals surface area contributed by atoms with Crippen LogP contribution in [0.5, 0.6) is 11.5 Å². The number of para-hydroxylation sites is 1. The van der Waals surface area contributed by atoms with Crippen molar-refractivity contribution in [3.05, 3.63) is 94.8 Å². The van der Waals surface area contributed by atoms with Crippen LogP contribution in [0.15, 0.2) is 60.2 Å². The van der Waals surface area contributed by atoms with Gasteiger partial charge in [-0.3, -0.25) is 24.1 Å². The van der Waals surface area contributed by atoms with Crippen molar-refractivity contribution in [1.82, 2.24) is 0 Å². The van der Waals surface area contributed by atoms with E-state index in [1.54, 1.807) is 30.3 Å². The first kappa shape index (κ1) is 32.1. The zero-order valence-electron chi connectivity index (χ0n) is 24.4. The number of phenolic OH excluding ortho intramolecular Hbond substituents is 1. The topological polar surface area (TPSA) is 104 Å². The van der Waals surface area contributed by atoms with Crippen LogP contribution in [-0.4, -0.2) is 45.6 Å². The fraction of sp³-hybridized carbons (Fsp3) is 0.273. The normalized spacial score (nSPS) is 29.5. The Kier molecular flexibility index (Phi) is 7.19. The molecule has 4 amide bonds. The third-order valence-corrected chi connectivity index (χ3v) is 11.2. The number of phenols is 1. The Hall–Kier alpha value is -4.49. The smallest absolute Gasteiger partial charge is 0.258 e. The van der Waals surface area contributed by atoms with Crippen molar-refractivity contribution in [2.45, 2.75) is 28.5 Å². The largest absolute Gasteiger partial charge is 0.508 e. The number of aromatic hydroxyl groups is 1. The summed E-state index contributed by atoms with van der Waals surface area (Å²) in [6, 6.07) is 12.0. The lowest BCUT2D eigenvalue weighted by Crippen LogP contribution is -2.60. The fourth-order valence-corrected chi connectivity index (χ4v) is 8.63. The van der Waals surface area contributed by atoms with Crippen LogP contribution in [0, 0.1) is 46.8 Å². The number of allylic oxidation sites excluding steroid dienone is 2. The van der Waals surface area contributed by atoms with Gasteiger partial charge in [-0.25, -0.2) is 26.9 Å². The number of rotatable bonds is 4. The Morgan fingerprint density at radius 2 is 1.42 bits per heavy atom. The monoisotopic (exact) mass is 706 g/mol. The predicted molar refractivity (Wildman–Crippen MR) is 160 cm³/mol. The molecule has 0 bridgehead atoms. The molecule has 7 rings (SSSR count). The predicted octanol–water partition coefficient (Wildman–Crippen LogP) is 5.86. The summed E-state index contributed by atoms with van der Waals surface area (Å²) in [4.78, 5) is 51.6. The van der Waals surface area contributed by atoms with E-state index in [2.05, 4.69) is 0 Å². The average molecular weight is 707 g/mol. The molecular formula is C33H21Cl2F5N2O6. The first-order valence-electron chi connectivity index (χ1n) is 14.5. The lowest BCUT2D eigenvalue weighted by molar-refractivity contribution is -0.125. The lowest BCUT2D eigenvalue weighted by Gasteiger charge is -2.50. The summed E-state index contributed by atoms with van der Waals surface area (Å²) in [5, 5.41) is 11.2. The molecule has 48 heavy (non-hydrogen) atoms. The lowest BCUT2D eigenvalue weighted by atomic mass is 9.56. The highest BCUT2D eigenvalue weighted by Gasteiger charge is 2.77. The number of nitrogens with zero attached hydrogens (tertiary/aromatic N) is 2. The van der Waals surface area contributed by atoms with Gasteiger partial charge in [0.2, 0.25) is 17.6 Å². The molecule has 3 fully saturated rings. The Balaban J connectivity index is 1.47. The van der Waals surface area contributed by atoms with Crippen molar-refractivity contribution in [3.63, 3.8) is 0 Å². The van der Waals surface area contributed by atoms with Crippen molar-refractivity contribution in [2.24, 2.45) is 17.8 Å². The molecule has 2 heterocycles. The maximum atomic E-state index is 15.2. The summed E-state index contributed by atoms with van der Waals surface area (Å²) in [7, 11) is 1.22. The number of hydrogen-bond acceptors (Lipinski definition) is 6. The molecule has 3 aromatic rings. The quantitative estimate of drug-likeness (QED) is 0.0910. The zero-order valence-corrected chi connectivity index (χ0v) is 26.0. The fourth-order valence-electron chi connectivity index (χ4n) is 7.72. The van der Waals surface area contributed by atoms with Crippen molar-refractivity contribution in [2.75, 3.05) is 16.9 Å². The minimum Gasteiger partial charge on any atom is -0.508 e. The van der Waals surface area contributed by atoms with Gasteiger partial charge < -0.3 is 9.84 Å². The molecule has 4 aliphatic rings. The van der Waals surface area contributed by atoms with Crippen LogP contribution in [0.25, 0.3) is 0 Å². The number of ether oxygens (including phenoxy) is 1. The second-order valence-corrected chi connectivity index (χ2v) is 13.2. The number of halogens is 7. The third kappa shape index (κ3) is 3.88. The number of carbonyl (C=O) groups excluding carboxylic acids is 4. The molecular weight excluding hydrogens is 686 g/mol. The average Bonchev–Trinajstić information content (AvgIpc) is 3.41. The second-order valence-electron chi connectivity index (χ2n) is 11.9. The molecule has 0 aromatic heterocycles. The molecule has 3 aromatic carbocycles. The number of amides is 4. The van der Waals surface area contributed by atoms with Crippen molar-refractivity contribution < 1.29 is 51.0 Å². The van der Waals surface area contributed by atoms with Gasteiger partial charge in [0.25, 0.3) is 11.8 Å². The van der Waals surface area contributed by atoms with Crippen LogP contribution in [0.1, 0.15) is 24.3 Å². The molecule has 1 saturated carbocycles. The van der Waals surface area contributed by atoms with E-state index in [4.69, 9.17) is 27.9 Å². The van der Waals surface area contributed by atoms with Gasteiger partial charge in [0.1, 0.15) is 17.2 Å². The molecule has 2 saturated heterocycles. The Bertz CT molecular complexity index is 1980. The van der Waals surface area contributed by atoms with Gasteiger partial charge in [-0.1, -0.05) is 35.9 Å².